The number of halogens is 1. The van der Waals surface area contributed by atoms with Crippen LogP contribution in [0.4, 0.5) is 0 Å². The molecule has 2 aromatic rings. The van der Waals surface area contributed by atoms with Crippen LogP contribution in [0.5, 0.6) is 11.5 Å². The summed E-state index contributed by atoms with van der Waals surface area (Å²) >= 11 is 3.42. The molecule has 1 heterocycles. The number of aliphatic hydroxyl groups is 1. The highest BCUT2D eigenvalue weighted by Crippen LogP contribution is 2.41. The molecule has 1 amide bonds. The van der Waals surface area contributed by atoms with Crippen molar-refractivity contribution in [2.75, 3.05) is 20.3 Å². The number of aryl methyl sites for hydroxylation is 1. The van der Waals surface area contributed by atoms with Gasteiger partial charge in [-0.2, -0.15) is 0 Å². The monoisotopic (exact) mass is 503 g/mol. The van der Waals surface area contributed by atoms with E-state index in [1.165, 1.54) is 18.1 Å². The first-order valence-corrected chi connectivity index (χ1v) is 11.0. The Morgan fingerprint density at radius 2 is 1.91 bits per heavy atom. The fourth-order valence-electron chi connectivity index (χ4n) is 3.67. The largest absolute Gasteiger partial charge is 0.507 e. The number of hydrogen-bond donors (Lipinski definition) is 2. The lowest BCUT2D eigenvalue weighted by molar-refractivity contribution is -0.140. The number of rotatable bonds is 7. The molecule has 2 N–H and O–H groups in total. The van der Waals surface area contributed by atoms with Crippen LogP contribution in [0, 0.1) is 6.92 Å². The van der Waals surface area contributed by atoms with E-state index >= 15 is 0 Å². The van der Waals surface area contributed by atoms with Gasteiger partial charge in [-0.15, -0.1) is 0 Å². The molecule has 0 aliphatic carbocycles. The number of amides is 1. The molecule has 7 nitrogen and oxygen atoms in total. The number of aromatic hydroxyl groups is 1. The lowest BCUT2D eigenvalue weighted by Crippen LogP contribution is -2.33. The van der Waals surface area contributed by atoms with E-state index < -0.39 is 17.7 Å². The number of aliphatic hydroxyl groups excluding tert-OH is 1. The van der Waals surface area contributed by atoms with E-state index in [1.807, 2.05) is 20.8 Å². The Kier molecular flexibility index (Phi) is 7.26. The zero-order valence-corrected chi connectivity index (χ0v) is 20.0. The molecule has 2 aromatic carbocycles. The first kappa shape index (κ1) is 23.8. The molecule has 0 spiro atoms. The molecule has 1 aliphatic heterocycles. The van der Waals surface area contributed by atoms with Gasteiger partial charge in [0.05, 0.1) is 31.4 Å². The van der Waals surface area contributed by atoms with Gasteiger partial charge in [0.15, 0.2) is 11.5 Å². The van der Waals surface area contributed by atoms with Crippen molar-refractivity contribution in [2.45, 2.75) is 32.9 Å². The van der Waals surface area contributed by atoms with Crippen LogP contribution in [0.15, 0.2) is 46.4 Å². The second-order valence-corrected chi connectivity index (χ2v) is 8.66. The number of hydrogen-bond acceptors (Lipinski definition) is 6. The van der Waals surface area contributed by atoms with E-state index in [0.29, 0.717) is 11.1 Å². The van der Waals surface area contributed by atoms with Crippen molar-refractivity contribution in [1.29, 1.82) is 0 Å². The van der Waals surface area contributed by atoms with Crippen LogP contribution in [-0.4, -0.2) is 53.2 Å². The SMILES string of the molecule is COc1ccc(C2/C(=C(/O)c3ccc(Br)c(C)c3)C(=O)C(=O)N2CCOC(C)C)cc1O. The molecule has 0 radical (unpaired) electrons. The Bertz CT molecular complexity index is 1080. The van der Waals surface area contributed by atoms with Crippen LogP contribution in [0.2, 0.25) is 0 Å². The first-order valence-electron chi connectivity index (χ1n) is 10.2. The molecule has 8 heteroatoms. The predicted molar refractivity (Wildman–Crippen MR) is 124 cm³/mol. The summed E-state index contributed by atoms with van der Waals surface area (Å²) in [6.45, 7) is 5.99. The molecule has 3 rings (SSSR count). The molecule has 0 bridgehead atoms. The van der Waals surface area contributed by atoms with Gasteiger partial charge >= 0.3 is 0 Å². The topological polar surface area (TPSA) is 96.3 Å². The highest BCUT2D eigenvalue weighted by Gasteiger charge is 2.46. The zero-order valence-electron chi connectivity index (χ0n) is 18.4. The Morgan fingerprint density at radius 1 is 1.19 bits per heavy atom. The number of phenolic OH excluding ortho intramolecular Hbond substituents is 1. The maximum atomic E-state index is 13.0. The Balaban J connectivity index is 2.14. The normalized spacial score (nSPS) is 17.9. The second kappa shape index (κ2) is 9.75. The van der Waals surface area contributed by atoms with Gasteiger partial charge in [0.25, 0.3) is 11.7 Å². The Labute approximate surface area is 195 Å². The minimum absolute atomic E-state index is 0.0363. The third kappa shape index (κ3) is 4.66. The molecular weight excluding hydrogens is 478 g/mol. The minimum atomic E-state index is -0.883. The van der Waals surface area contributed by atoms with Gasteiger partial charge in [-0.25, -0.2) is 0 Å². The molecule has 0 saturated carbocycles. The standard InChI is InChI=1S/C24H26BrNO6/c1-13(2)32-10-9-26-21(15-6-8-19(31-4)18(27)12-15)20(23(29)24(26)30)22(28)16-5-7-17(25)14(3)11-16/h5-8,11-13,21,27-28H,9-10H2,1-4H3/b22-20-. The van der Waals surface area contributed by atoms with E-state index in [4.69, 9.17) is 9.47 Å². The van der Waals surface area contributed by atoms with Crippen LogP contribution in [-0.2, 0) is 14.3 Å². The molecule has 0 aromatic heterocycles. The Hall–Kier alpha value is -2.84. The van der Waals surface area contributed by atoms with E-state index in [2.05, 4.69) is 15.9 Å². The fourth-order valence-corrected chi connectivity index (χ4v) is 3.92. The number of methoxy groups -OCH3 is 1. The van der Waals surface area contributed by atoms with E-state index in [0.717, 1.165) is 10.0 Å². The second-order valence-electron chi connectivity index (χ2n) is 7.81. The average molecular weight is 504 g/mol. The van der Waals surface area contributed by atoms with Gasteiger partial charge < -0.3 is 24.6 Å². The van der Waals surface area contributed by atoms with Crippen LogP contribution >= 0.6 is 15.9 Å². The molecule has 1 unspecified atom stereocenters. The molecule has 1 fully saturated rings. The van der Waals surface area contributed by atoms with Crippen molar-refractivity contribution in [2.24, 2.45) is 0 Å². The quantitative estimate of drug-likeness (QED) is 0.331. The molecule has 32 heavy (non-hydrogen) atoms. The number of benzene rings is 2. The number of Topliss-reactive ketones (excluding diaryl/α,β-unsaturated/α-hetero) is 1. The molecule has 1 aliphatic rings. The zero-order chi connectivity index (χ0) is 23.6. The summed E-state index contributed by atoms with van der Waals surface area (Å²) in [6, 6.07) is 8.94. The highest BCUT2D eigenvalue weighted by atomic mass is 79.9. The number of ether oxygens (including phenoxy) is 2. The Morgan fingerprint density at radius 3 is 2.50 bits per heavy atom. The number of carbonyl (C=O) groups excluding carboxylic acids is 2. The average Bonchev–Trinajstić information content (AvgIpc) is 3.00. The van der Waals surface area contributed by atoms with E-state index in [9.17, 15) is 19.8 Å². The molecular formula is C24H26BrNO6. The van der Waals surface area contributed by atoms with Crippen LogP contribution < -0.4 is 4.74 Å². The summed E-state index contributed by atoms with van der Waals surface area (Å²) in [5.74, 6) is -1.65. The summed E-state index contributed by atoms with van der Waals surface area (Å²) in [7, 11) is 1.43. The van der Waals surface area contributed by atoms with E-state index in [1.54, 1.807) is 30.3 Å². The van der Waals surface area contributed by atoms with Crippen molar-refractivity contribution >= 4 is 33.4 Å². The van der Waals surface area contributed by atoms with Crippen molar-refractivity contribution in [1.82, 2.24) is 4.90 Å². The predicted octanol–water partition coefficient (Wildman–Crippen LogP) is 4.32. The number of nitrogens with zero attached hydrogens (tertiary/aromatic N) is 1. The van der Waals surface area contributed by atoms with Gasteiger partial charge in [-0.3, -0.25) is 9.59 Å². The van der Waals surface area contributed by atoms with Crippen molar-refractivity contribution in [3.63, 3.8) is 0 Å². The highest BCUT2D eigenvalue weighted by molar-refractivity contribution is 9.10. The molecule has 1 saturated heterocycles. The third-order valence-corrected chi connectivity index (χ3v) is 6.16. The number of ketones is 1. The molecule has 1 atom stereocenters. The summed E-state index contributed by atoms with van der Waals surface area (Å²) in [6.07, 6.45) is -0.0407. The first-order chi connectivity index (χ1) is 15.1. The lowest BCUT2D eigenvalue weighted by Gasteiger charge is -2.26. The van der Waals surface area contributed by atoms with Crippen LogP contribution in [0.3, 0.4) is 0 Å². The fraction of sp³-hybridized carbons (Fsp3) is 0.333. The van der Waals surface area contributed by atoms with Crippen molar-refractivity contribution < 1.29 is 29.3 Å². The van der Waals surface area contributed by atoms with Gasteiger partial charge in [0.1, 0.15) is 5.76 Å². The number of carbonyl (C=O) groups is 2. The van der Waals surface area contributed by atoms with Gasteiger partial charge in [0.2, 0.25) is 0 Å². The van der Waals surface area contributed by atoms with Gasteiger partial charge in [-0.1, -0.05) is 28.1 Å². The summed E-state index contributed by atoms with van der Waals surface area (Å²) in [5.41, 5.74) is 1.73. The summed E-state index contributed by atoms with van der Waals surface area (Å²) in [5, 5.41) is 21.4. The van der Waals surface area contributed by atoms with Crippen molar-refractivity contribution in [3.8, 4) is 11.5 Å². The maximum absolute atomic E-state index is 13.0. The van der Waals surface area contributed by atoms with E-state index in [-0.39, 0.29) is 42.1 Å². The van der Waals surface area contributed by atoms with Crippen LogP contribution in [0.1, 0.15) is 36.6 Å². The van der Waals surface area contributed by atoms with Gasteiger partial charge in [0, 0.05) is 16.6 Å². The van der Waals surface area contributed by atoms with Gasteiger partial charge in [-0.05, 0) is 56.2 Å². The minimum Gasteiger partial charge on any atom is -0.507 e. The summed E-state index contributed by atoms with van der Waals surface area (Å²) in [4.78, 5) is 27.3. The van der Waals surface area contributed by atoms with Crippen molar-refractivity contribution in [3.05, 3.63) is 63.1 Å². The summed E-state index contributed by atoms with van der Waals surface area (Å²) < 4.78 is 11.5. The number of phenols is 1. The maximum Gasteiger partial charge on any atom is 0.295 e. The molecule has 170 valence electrons. The number of likely N-dealkylation sites (tertiary alicyclic amines) is 1. The third-order valence-electron chi connectivity index (χ3n) is 5.27. The smallest absolute Gasteiger partial charge is 0.295 e. The van der Waals surface area contributed by atoms with Crippen LogP contribution in [0.25, 0.3) is 5.76 Å². The lowest BCUT2D eigenvalue weighted by atomic mass is 9.94.